The van der Waals surface area contributed by atoms with E-state index in [1.165, 1.54) is 0 Å². The van der Waals surface area contributed by atoms with Gasteiger partial charge in [0, 0.05) is 0 Å². The van der Waals surface area contributed by atoms with Gasteiger partial charge in [0.2, 0.25) is 0 Å². The van der Waals surface area contributed by atoms with Gasteiger partial charge in [0.25, 0.3) is 0 Å². The normalized spacial score (nSPS) is 8.00. The van der Waals surface area contributed by atoms with Crippen LogP contribution in [0.1, 0.15) is 10.4 Å². The molecule has 2 nitrogen and oxygen atoms in total. The van der Waals surface area contributed by atoms with Crippen molar-refractivity contribution >= 4 is 5.91 Å². The zero-order valence-corrected chi connectivity index (χ0v) is 7.26. The number of hydrogen-bond acceptors (Lipinski definition) is 1. The van der Waals surface area contributed by atoms with E-state index >= 15 is 0 Å². The molecule has 1 N–H and O–H groups in total. The molecular formula is C7H6AuNO. The molecular weight excluding hydrogens is 311 g/mol. The second kappa shape index (κ2) is 4.28. The van der Waals surface area contributed by atoms with Crippen molar-refractivity contribution in [2.75, 3.05) is 0 Å². The molecule has 10 heavy (non-hydrogen) atoms. The molecule has 0 aliphatic heterocycles. The fourth-order valence-corrected chi connectivity index (χ4v) is 0.590. The van der Waals surface area contributed by atoms with Gasteiger partial charge in [0.05, 0.1) is 5.91 Å². The van der Waals surface area contributed by atoms with E-state index in [9.17, 15) is 4.79 Å². The third-order valence-corrected chi connectivity index (χ3v) is 1.04. The molecule has 0 fully saturated rings. The smallest absolute Gasteiger partial charge is 0.664 e. The molecule has 0 radical (unpaired) electrons. The maximum atomic E-state index is 10.3. The topological polar surface area (TPSA) is 40.9 Å². The monoisotopic (exact) mass is 317 g/mol. The van der Waals surface area contributed by atoms with Gasteiger partial charge in [-0.25, -0.2) is 0 Å². The number of carbonyl (C=O) groups is 1. The van der Waals surface area contributed by atoms with Crippen molar-refractivity contribution in [3.8, 4) is 0 Å². The predicted molar refractivity (Wildman–Crippen MR) is 35.1 cm³/mol. The Balaban J connectivity index is 0.000000810. The van der Waals surface area contributed by atoms with Crippen molar-refractivity contribution in [2.45, 2.75) is 0 Å². The minimum Gasteiger partial charge on any atom is -0.664 e. The maximum absolute atomic E-state index is 10.3. The molecule has 0 aliphatic carbocycles. The van der Waals surface area contributed by atoms with E-state index in [1.54, 1.807) is 24.3 Å². The van der Waals surface area contributed by atoms with Gasteiger partial charge in [0.1, 0.15) is 0 Å². The van der Waals surface area contributed by atoms with Crippen molar-refractivity contribution in [3.05, 3.63) is 41.6 Å². The zero-order valence-electron chi connectivity index (χ0n) is 5.10. The fourth-order valence-electron chi connectivity index (χ4n) is 0.590. The van der Waals surface area contributed by atoms with Crippen molar-refractivity contribution in [3.63, 3.8) is 0 Å². The summed E-state index contributed by atoms with van der Waals surface area (Å²) in [6.07, 6.45) is 0. The minimum absolute atomic E-state index is 0. The molecule has 0 bridgehead atoms. The standard InChI is InChI=1S/C7H7NO.Au/c8-7(9)6-4-2-1-3-5-6;/h1-5H,(H2,8,9);/q;+1/p-1. The molecule has 0 saturated carbocycles. The molecule has 56 valence electrons. The van der Waals surface area contributed by atoms with Crippen molar-refractivity contribution in [1.82, 2.24) is 0 Å². The van der Waals surface area contributed by atoms with E-state index in [4.69, 9.17) is 5.73 Å². The van der Waals surface area contributed by atoms with Gasteiger partial charge in [-0.3, -0.25) is 0 Å². The van der Waals surface area contributed by atoms with Crippen LogP contribution in [0, 0.1) is 0 Å². The van der Waals surface area contributed by atoms with E-state index in [-0.39, 0.29) is 22.4 Å². The van der Waals surface area contributed by atoms with Gasteiger partial charge < -0.3 is 10.5 Å². The quantitative estimate of drug-likeness (QED) is 0.729. The van der Waals surface area contributed by atoms with Crippen LogP contribution in [0.4, 0.5) is 0 Å². The molecule has 0 spiro atoms. The number of hydrogen-bond donors (Lipinski definition) is 0. The van der Waals surface area contributed by atoms with E-state index in [2.05, 4.69) is 0 Å². The van der Waals surface area contributed by atoms with Gasteiger partial charge >= 0.3 is 22.4 Å². The molecule has 1 aromatic carbocycles. The van der Waals surface area contributed by atoms with Crippen molar-refractivity contribution < 1.29 is 27.2 Å². The first-order valence-electron chi connectivity index (χ1n) is 2.61. The second-order valence-corrected chi connectivity index (χ2v) is 1.70. The summed E-state index contributed by atoms with van der Waals surface area (Å²) in [5.74, 6) is -0.629. The summed E-state index contributed by atoms with van der Waals surface area (Å²) in [6, 6.07) is 8.53. The van der Waals surface area contributed by atoms with E-state index in [1.807, 2.05) is 6.07 Å². The number of carbonyl (C=O) groups excluding carboxylic acids is 1. The summed E-state index contributed by atoms with van der Waals surface area (Å²) in [7, 11) is 0. The van der Waals surface area contributed by atoms with Gasteiger partial charge in [-0.1, -0.05) is 30.3 Å². The Morgan fingerprint density at radius 3 is 2.00 bits per heavy atom. The summed E-state index contributed by atoms with van der Waals surface area (Å²) in [6.45, 7) is 0. The Hall–Kier alpha value is -0.570. The van der Waals surface area contributed by atoms with Crippen LogP contribution in [-0.2, 0) is 22.4 Å². The average Bonchev–Trinajstić information content (AvgIpc) is 1.90. The van der Waals surface area contributed by atoms with Crippen LogP contribution in [0.25, 0.3) is 5.73 Å². The van der Waals surface area contributed by atoms with Crippen LogP contribution in [0.2, 0.25) is 0 Å². The summed E-state index contributed by atoms with van der Waals surface area (Å²) < 4.78 is 0. The Kier molecular flexibility index (Phi) is 4.03. The molecule has 1 rings (SSSR count). The van der Waals surface area contributed by atoms with Gasteiger partial charge in [-0.05, 0) is 5.56 Å². The molecule has 0 aromatic heterocycles. The minimum atomic E-state index is -0.629. The summed E-state index contributed by atoms with van der Waals surface area (Å²) in [5.41, 5.74) is 7.12. The third-order valence-electron chi connectivity index (χ3n) is 1.04. The largest absolute Gasteiger partial charge is 1.00 e. The Morgan fingerprint density at radius 1 is 1.20 bits per heavy atom. The SMILES string of the molecule is [Au+].[NH-]C(=O)c1ccccc1. The second-order valence-electron chi connectivity index (χ2n) is 1.70. The molecule has 1 amide bonds. The third kappa shape index (κ3) is 2.35. The number of benzene rings is 1. The zero-order chi connectivity index (χ0) is 6.69. The first kappa shape index (κ1) is 9.43. The fraction of sp³-hybridized carbons (Fsp3) is 0. The van der Waals surface area contributed by atoms with Gasteiger partial charge in [-0.2, -0.15) is 0 Å². The predicted octanol–water partition coefficient (Wildman–Crippen LogP) is 1.88. The molecule has 0 heterocycles. The van der Waals surface area contributed by atoms with Crippen LogP contribution >= 0.6 is 0 Å². The summed E-state index contributed by atoms with van der Waals surface area (Å²) in [4.78, 5) is 10.3. The summed E-state index contributed by atoms with van der Waals surface area (Å²) in [5, 5.41) is 0. The molecule has 1 aromatic rings. The van der Waals surface area contributed by atoms with Crippen LogP contribution in [0.3, 0.4) is 0 Å². The van der Waals surface area contributed by atoms with Crippen molar-refractivity contribution in [2.24, 2.45) is 0 Å². The Labute approximate surface area is 74.9 Å². The van der Waals surface area contributed by atoms with E-state index in [0.717, 1.165) is 0 Å². The van der Waals surface area contributed by atoms with Crippen LogP contribution in [-0.4, -0.2) is 5.91 Å². The van der Waals surface area contributed by atoms with Crippen molar-refractivity contribution in [1.29, 1.82) is 0 Å². The first-order chi connectivity index (χ1) is 4.30. The van der Waals surface area contributed by atoms with Gasteiger partial charge in [0.15, 0.2) is 0 Å². The number of amides is 1. The molecule has 0 unspecified atom stereocenters. The first-order valence-corrected chi connectivity index (χ1v) is 2.61. The van der Waals surface area contributed by atoms with E-state index in [0.29, 0.717) is 5.56 Å². The van der Waals surface area contributed by atoms with Gasteiger partial charge in [-0.15, -0.1) is 0 Å². The van der Waals surface area contributed by atoms with Crippen LogP contribution < -0.4 is 0 Å². The Morgan fingerprint density at radius 2 is 1.70 bits per heavy atom. The number of nitrogens with one attached hydrogen (secondary N) is 1. The molecule has 0 saturated heterocycles. The van der Waals surface area contributed by atoms with Crippen LogP contribution in [0.15, 0.2) is 30.3 Å². The summed E-state index contributed by atoms with van der Waals surface area (Å²) >= 11 is 0. The molecule has 0 aliphatic rings. The Bertz CT molecular complexity index is 210. The maximum Gasteiger partial charge on any atom is 1.00 e. The number of rotatable bonds is 1. The van der Waals surface area contributed by atoms with Crippen LogP contribution in [0.5, 0.6) is 0 Å². The van der Waals surface area contributed by atoms with E-state index < -0.39 is 5.91 Å². The molecule has 3 heteroatoms. The average molecular weight is 317 g/mol. The molecule has 0 atom stereocenters.